The van der Waals surface area contributed by atoms with E-state index >= 15 is 0 Å². The van der Waals surface area contributed by atoms with Crippen LogP contribution in [0.15, 0.2) is 27.3 Å². The van der Waals surface area contributed by atoms with Crippen LogP contribution in [0.4, 0.5) is 5.69 Å². The average Bonchev–Trinajstić information content (AvgIpc) is 2.81. The second-order valence-corrected chi connectivity index (χ2v) is 6.24. The first-order valence-electron chi connectivity index (χ1n) is 6.25. The number of amides is 1. The second kappa shape index (κ2) is 7.15. The molecule has 2 N–H and O–H groups in total. The highest BCUT2D eigenvalue weighted by atomic mass is 79.9. The number of nitrogens with one attached hydrogen (secondary N) is 1. The summed E-state index contributed by atoms with van der Waals surface area (Å²) >= 11 is 6.86. The largest absolute Gasteiger partial charge is 0.396 e. The number of nitrogens with zero attached hydrogens (tertiary/aromatic N) is 3. The molecule has 2 rings (SSSR count). The van der Waals surface area contributed by atoms with E-state index in [2.05, 4.69) is 47.5 Å². The van der Waals surface area contributed by atoms with Crippen molar-refractivity contribution in [2.24, 2.45) is 0 Å². The Kier molecular flexibility index (Phi) is 5.49. The molecule has 2 aromatic rings. The Labute approximate surface area is 138 Å². The summed E-state index contributed by atoms with van der Waals surface area (Å²) in [6.07, 6.45) is 2.08. The molecule has 0 bridgehead atoms. The summed E-state index contributed by atoms with van der Waals surface area (Å²) in [5, 5.41) is 19.4. The number of benzene rings is 1. The predicted molar refractivity (Wildman–Crippen MR) is 86.0 cm³/mol. The fourth-order valence-corrected chi connectivity index (χ4v) is 3.40. The van der Waals surface area contributed by atoms with Crippen LogP contribution in [-0.4, -0.2) is 32.6 Å². The van der Waals surface area contributed by atoms with Gasteiger partial charge in [0.25, 0.3) is 0 Å². The van der Waals surface area contributed by atoms with E-state index in [0.29, 0.717) is 17.8 Å². The maximum Gasteiger partial charge on any atom is 0.246 e. The van der Waals surface area contributed by atoms with E-state index in [4.69, 9.17) is 5.11 Å². The summed E-state index contributed by atoms with van der Waals surface area (Å²) in [7, 11) is 0. The van der Waals surface area contributed by atoms with Crippen LogP contribution in [0.1, 0.15) is 11.3 Å². The van der Waals surface area contributed by atoms with Gasteiger partial charge < -0.3 is 10.4 Å². The molecule has 0 aliphatic carbocycles. The number of hydrogen-bond acceptors (Lipinski definition) is 4. The van der Waals surface area contributed by atoms with Crippen molar-refractivity contribution in [3.05, 3.63) is 38.5 Å². The van der Waals surface area contributed by atoms with Crippen molar-refractivity contribution < 1.29 is 9.90 Å². The van der Waals surface area contributed by atoms with E-state index in [0.717, 1.165) is 14.5 Å². The molecule has 112 valence electrons. The lowest BCUT2D eigenvalue weighted by Crippen LogP contribution is -2.19. The van der Waals surface area contributed by atoms with Gasteiger partial charge in [-0.2, -0.15) is 0 Å². The van der Waals surface area contributed by atoms with Crippen LogP contribution in [-0.2, 0) is 17.8 Å². The molecule has 21 heavy (non-hydrogen) atoms. The molecule has 0 atom stereocenters. The van der Waals surface area contributed by atoms with Gasteiger partial charge in [-0.1, -0.05) is 5.21 Å². The van der Waals surface area contributed by atoms with Crippen molar-refractivity contribution >= 4 is 43.5 Å². The highest BCUT2D eigenvalue weighted by molar-refractivity contribution is 9.11. The second-order valence-electron chi connectivity index (χ2n) is 4.53. The zero-order valence-electron chi connectivity index (χ0n) is 11.3. The zero-order valence-corrected chi connectivity index (χ0v) is 14.5. The van der Waals surface area contributed by atoms with E-state index in [1.807, 2.05) is 19.1 Å². The van der Waals surface area contributed by atoms with Crippen molar-refractivity contribution in [2.75, 3.05) is 11.9 Å². The number of carbonyl (C=O) groups is 1. The molecule has 1 heterocycles. The quantitative estimate of drug-likeness (QED) is 0.782. The third-order valence-corrected chi connectivity index (χ3v) is 3.96. The molecule has 8 heteroatoms. The first-order chi connectivity index (χ1) is 9.99. The zero-order chi connectivity index (χ0) is 15.4. The molecule has 0 fully saturated rings. The number of aliphatic hydroxyl groups excluding tert-OH is 1. The topological polar surface area (TPSA) is 80.0 Å². The molecule has 0 unspecified atom stereocenters. The van der Waals surface area contributed by atoms with E-state index in [1.54, 1.807) is 6.20 Å². The Balaban J connectivity index is 2.04. The van der Waals surface area contributed by atoms with Gasteiger partial charge in [0.05, 0.1) is 11.4 Å². The van der Waals surface area contributed by atoms with Crippen LogP contribution >= 0.6 is 31.9 Å². The summed E-state index contributed by atoms with van der Waals surface area (Å²) in [6.45, 7) is 2.04. The molecule has 0 aliphatic rings. The Morgan fingerprint density at radius 2 is 2.05 bits per heavy atom. The van der Waals surface area contributed by atoms with Crippen molar-refractivity contribution in [2.45, 2.75) is 19.9 Å². The van der Waals surface area contributed by atoms with Gasteiger partial charge in [0, 0.05) is 28.2 Å². The van der Waals surface area contributed by atoms with Crippen molar-refractivity contribution in [1.29, 1.82) is 0 Å². The third-order valence-electron chi connectivity index (χ3n) is 2.71. The molecule has 0 saturated carbocycles. The maximum absolute atomic E-state index is 12.0. The van der Waals surface area contributed by atoms with E-state index in [-0.39, 0.29) is 19.1 Å². The minimum absolute atomic E-state index is 0.00809. The summed E-state index contributed by atoms with van der Waals surface area (Å²) in [5.74, 6) is -0.208. The van der Waals surface area contributed by atoms with Gasteiger partial charge in [-0.05, 0) is 56.5 Å². The third kappa shape index (κ3) is 4.36. The maximum atomic E-state index is 12.0. The lowest BCUT2D eigenvalue weighted by atomic mass is 10.2. The number of aromatic nitrogens is 3. The molecular weight excluding hydrogens is 404 g/mol. The Morgan fingerprint density at radius 1 is 1.38 bits per heavy atom. The lowest BCUT2D eigenvalue weighted by Gasteiger charge is -2.10. The Bertz CT molecular complexity index is 634. The minimum Gasteiger partial charge on any atom is -0.396 e. The van der Waals surface area contributed by atoms with Gasteiger partial charge in [0.15, 0.2) is 0 Å². The molecule has 0 saturated heterocycles. The molecule has 6 nitrogen and oxygen atoms in total. The fraction of sp³-hybridized carbons (Fsp3) is 0.308. The number of aliphatic hydroxyl groups is 1. The van der Waals surface area contributed by atoms with Crippen LogP contribution in [0.3, 0.4) is 0 Å². The van der Waals surface area contributed by atoms with E-state index < -0.39 is 0 Å². The standard InChI is InChI=1S/C13H14Br2N4O2/c1-8-4-10(14)13(11(15)5-8)16-12(21)7-19-6-9(2-3-20)17-18-19/h4-6,20H,2-3,7H2,1H3,(H,16,21). The minimum atomic E-state index is -0.208. The summed E-state index contributed by atoms with van der Waals surface area (Å²) in [5.41, 5.74) is 2.42. The summed E-state index contributed by atoms with van der Waals surface area (Å²) in [4.78, 5) is 12.0. The monoisotopic (exact) mass is 416 g/mol. The Hall–Kier alpha value is -1.25. The van der Waals surface area contributed by atoms with Gasteiger partial charge >= 0.3 is 0 Å². The van der Waals surface area contributed by atoms with Crippen molar-refractivity contribution in [1.82, 2.24) is 15.0 Å². The smallest absolute Gasteiger partial charge is 0.246 e. The fourth-order valence-electron chi connectivity index (χ4n) is 1.79. The summed E-state index contributed by atoms with van der Waals surface area (Å²) < 4.78 is 3.06. The number of halogens is 2. The van der Waals surface area contributed by atoms with Gasteiger partial charge in [-0.3, -0.25) is 4.79 Å². The summed E-state index contributed by atoms with van der Waals surface area (Å²) in [6, 6.07) is 3.85. The van der Waals surface area contributed by atoms with E-state index in [9.17, 15) is 4.79 Å². The Morgan fingerprint density at radius 3 is 2.67 bits per heavy atom. The van der Waals surface area contributed by atoms with Crippen LogP contribution in [0.2, 0.25) is 0 Å². The lowest BCUT2D eigenvalue weighted by molar-refractivity contribution is -0.116. The normalized spacial score (nSPS) is 10.7. The molecule has 1 aromatic carbocycles. The number of hydrogen-bond donors (Lipinski definition) is 2. The van der Waals surface area contributed by atoms with Crippen LogP contribution in [0.25, 0.3) is 0 Å². The molecule has 1 aromatic heterocycles. The highest BCUT2D eigenvalue weighted by Crippen LogP contribution is 2.32. The predicted octanol–water partition coefficient (Wildman–Crippen LogP) is 2.29. The van der Waals surface area contributed by atoms with Gasteiger partial charge in [0.2, 0.25) is 5.91 Å². The van der Waals surface area contributed by atoms with Crippen LogP contribution in [0, 0.1) is 6.92 Å². The SMILES string of the molecule is Cc1cc(Br)c(NC(=O)Cn2cc(CCO)nn2)c(Br)c1. The first kappa shape index (κ1) is 16.1. The van der Waals surface area contributed by atoms with Gasteiger partial charge in [-0.25, -0.2) is 4.68 Å². The van der Waals surface area contributed by atoms with Crippen LogP contribution in [0.5, 0.6) is 0 Å². The average molecular weight is 418 g/mol. The number of carbonyl (C=O) groups excluding carboxylic acids is 1. The van der Waals surface area contributed by atoms with E-state index in [1.165, 1.54) is 4.68 Å². The highest BCUT2D eigenvalue weighted by Gasteiger charge is 2.11. The van der Waals surface area contributed by atoms with Gasteiger partial charge in [0.1, 0.15) is 6.54 Å². The first-order valence-corrected chi connectivity index (χ1v) is 7.83. The van der Waals surface area contributed by atoms with Crippen LogP contribution < -0.4 is 5.32 Å². The molecule has 1 amide bonds. The molecule has 0 aliphatic heterocycles. The van der Waals surface area contributed by atoms with Crippen molar-refractivity contribution in [3.8, 4) is 0 Å². The number of rotatable bonds is 5. The van der Waals surface area contributed by atoms with Crippen molar-refractivity contribution in [3.63, 3.8) is 0 Å². The number of anilines is 1. The number of aryl methyl sites for hydroxylation is 1. The van der Waals surface area contributed by atoms with Gasteiger partial charge in [-0.15, -0.1) is 5.10 Å². The molecule has 0 radical (unpaired) electrons. The molecule has 0 spiro atoms. The molecular formula is C13H14Br2N4O2.